The first-order valence-electron chi connectivity index (χ1n) is 11.4. The highest BCUT2D eigenvalue weighted by Gasteiger charge is 2.31. The first-order chi connectivity index (χ1) is 16.0. The lowest BCUT2D eigenvalue weighted by atomic mass is 9.84. The van der Waals surface area contributed by atoms with Crippen LogP contribution in [0.4, 0.5) is 0 Å². The summed E-state index contributed by atoms with van der Waals surface area (Å²) in [5.41, 5.74) is 6.44. The standard InChI is InChI=1S/C27H28N4O2/c1-18-8-10-20(11-9-18)16-25(32)33-29-27-21(17-31-15-14-28-19(31)2)12-13-24-26(27)22-6-4-5-7-23(22)30(24)3/h4-11,14-15,21H,12-13,16-17H2,1-3H3. The second kappa shape index (κ2) is 8.70. The molecule has 2 heterocycles. The van der Waals surface area contributed by atoms with Crippen molar-refractivity contribution in [2.24, 2.45) is 18.1 Å². The molecule has 1 unspecified atom stereocenters. The summed E-state index contributed by atoms with van der Waals surface area (Å²) in [6, 6.07) is 16.3. The minimum absolute atomic E-state index is 0.128. The molecule has 0 N–H and O–H groups in total. The summed E-state index contributed by atoms with van der Waals surface area (Å²) >= 11 is 0. The zero-order chi connectivity index (χ0) is 22.9. The molecule has 4 aromatic rings. The van der Waals surface area contributed by atoms with Gasteiger partial charge in [0.15, 0.2) is 0 Å². The Morgan fingerprint density at radius 3 is 2.70 bits per heavy atom. The van der Waals surface area contributed by atoms with Gasteiger partial charge in [-0.15, -0.1) is 0 Å². The van der Waals surface area contributed by atoms with Gasteiger partial charge in [-0.3, -0.25) is 0 Å². The van der Waals surface area contributed by atoms with Crippen LogP contribution in [-0.4, -0.2) is 25.8 Å². The molecule has 1 aliphatic carbocycles. The first-order valence-corrected chi connectivity index (χ1v) is 11.4. The molecule has 0 amide bonds. The molecular weight excluding hydrogens is 412 g/mol. The second-order valence-corrected chi connectivity index (χ2v) is 8.86. The van der Waals surface area contributed by atoms with E-state index in [1.165, 1.54) is 11.2 Å². The topological polar surface area (TPSA) is 61.4 Å². The first kappa shape index (κ1) is 21.2. The van der Waals surface area contributed by atoms with Gasteiger partial charge in [0.25, 0.3) is 0 Å². The van der Waals surface area contributed by atoms with Gasteiger partial charge in [0.2, 0.25) is 0 Å². The largest absolute Gasteiger partial charge is 0.347 e. The van der Waals surface area contributed by atoms with Crippen molar-refractivity contribution in [2.45, 2.75) is 39.7 Å². The molecule has 168 valence electrons. The fraction of sp³-hybridized carbons (Fsp3) is 0.296. The van der Waals surface area contributed by atoms with Crippen LogP contribution in [0.5, 0.6) is 0 Å². The quantitative estimate of drug-likeness (QED) is 0.333. The molecule has 33 heavy (non-hydrogen) atoms. The number of aryl methyl sites for hydroxylation is 3. The van der Waals surface area contributed by atoms with Crippen molar-refractivity contribution in [1.29, 1.82) is 0 Å². The average Bonchev–Trinajstić information content (AvgIpc) is 3.35. The third kappa shape index (κ3) is 4.09. The molecule has 0 saturated heterocycles. The molecule has 0 bridgehead atoms. The van der Waals surface area contributed by atoms with Crippen LogP contribution in [0.25, 0.3) is 10.9 Å². The van der Waals surface area contributed by atoms with Crippen molar-refractivity contribution < 1.29 is 9.63 Å². The number of para-hydroxylation sites is 1. The van der Waals surface area contributed by atoms with E-state index in [0.717, 1.165) is 53.0 Å². The molecule has 6 heteroatoms. The third-order valence-corrected chi connectivity index (χ3v) is 6.66. The number of nitrogens with zero attached hydrogens (tertiary/aromatic N) is 4. The molecule has 6 nitrogen and oxygen atoms in total. The number of carbonyl (C=O) groups excluding carboxylic acids is 1. The van der Waals surface area contributed by atoms with Gasteiger partial charge >= 0.3 is 5.97 Å². The lowest BCUT2D eigenvalue weighted by Crippen LogP contribution is -2.28. The smallest absolute Gasteiger partial charge is 0.339 e. The Labute approximate surface area is 193 Å². The minimum atomic E-state index is -0.351. The van der Waals surface area contributed by atoms with Crippen molar-refractivity contribution in [3.05, 3.63) is 89.1 Å². The predicted molar refractivity (Wildman–Crippen MR) is 129 cm³/mol. The van der Waals surface area contributed by atoms with Gasteiger partial charge in [-0.1, -0.05) is 53.2 Å². The molecular formula is C27H28N4O2. The Morgan fingerprint density at radius 1 is 1.15 bits per heavy atom. The van der Waals surface area contributed by atoms with Gasteiger partial charge < -0.3 is 14.0 Å². The van der Waals surface area contributed by atoms with Crippen molar-refractivity contribution in [2.75, 3.05) is 0 Å². The van der Waals surface area contributed by atoms with Crippen LogP contribution in [0.2, 0.25) is 0 Å². The average molecular weight is 441 g/mol. The second-order valence-electron chi connectivity index (χ2n) is 8.86. The fourth-order valence-corrected chi connectivity index (χ4v) is 4.81. The highest BCUT2D eigenvalue weighted by Crippen LogP contribution is 2.35. The summed E-state index contributed by atoms with van der Waals surface area (Å²) in [7, 11) is 2.10. The van der Waals surface area contributed by atoms with Gasteiger partial charge in [0.05, 0.1) is 12.1 Å². The number of rotatable bonds is 5. The lowest BCUT2D eigenvalue weighted by molar-refractivity contribution is -0.142. The molecule has 1 aliphatic rings. The maximum Gasteiger partial charge on any atom is 0.339 e. The SMILES string of the molecule is Cc1ccc(CC(=O)ON=C2c3c(n(C)c4ccccc34)CCC2Cn2ccnc2C)cc1. The van der Waals surface area contributed by atoms with Crippen LogP contribution in [0.15, 0.2) is 66.1 Å². The number of aromatic nitrogens is 3. The molecule has 0 saturated carbocycles. The van der Waals surface area contributed by atoms with Gasteiger partial charge in [0.1, 0.15) is 5.82 Å². The Balaban J connectivity index is 1.50. The van der Waals surface area contributed by atoms with Crippen molar-refractivity contribution in [3.8, 4) is 0 Å². The van der Waals surface area contributed by atoms with Crippen LogP contribution in [-0.2, 0) is 36.1 Å². The monoisotopic (exact) mass is 440 g/mol. The molecule has 1 atom stereocenters. The molecule has 0 aliphatic heterocycles. The lowest BCUT2D eigenvalue weighted by Gasteiger charge is -2.25. The van der Waals surface area contributed by atoms with Crippen molar-refractivity contribution in [3.63, 3.8) is 0 Å². The van der Waals surface area contributed by atoms with Gasteiger partial charge in [0, 0.05) is 54.1 Å². The van der Waals surface area contributed by atoms with E-state index < -0.39 is 0 Å². The molecule has 0 radical (unpaired) electrons. The summed E-state index contributed by atoms with van der Waals surface area (Å²) in [6.07, 6.45) is 5.90. The minimum Gasteiger partial charge on any atom is -0.347 e. The molecule has 5 rings (SSSR count). The molecule has 2 aromatic heterocycles. The Morgan fingerprint density at radius 2 is 1.94 bits per heavy atom. The van der Waals surface area contributed by atoms with Crippen LogP contribution in [0.1, 0.15) is 34.6 Å². The third-order valence-electron chi connectivity index (χ3n) is 6.66. The van der Waals surface area contributed by atoms with E-state index >= 15 is 0 Å². The van der Waals surface area contributed by atoms with Crippen molar-refractivity contribution in [1.82, 2.24) is 14.1 Å². The van der Waals surface area contributed by atoms with E-state index in [9.17, 15) is 4.79 Å². The maximum atomic E-state index is 12.6. The summed E-state index contributed by atoms with van der Waals surface area (Å²) < 4.78 is 4.39. The van der Waals surface area contributed by atoms with E-state index in [0.29, 0.717) is 0 Å². The summed E-state index contributed by atoms with van der Waals surface area (Å²) in [6.45, 7) is 4.79. The van der Waals surface area contributed by atoms with E-state index in [2.05, 4.69) is 44.5 Å². The summed E-state index contributed by atoms with van der Waals surface area (Å²) in [5, 5.41) is 5.66. The number of carbonyl (C=O) groups is 1. The number of oxime groups is 1. The Hall–Kier alpha value is -3.67. The van der Waals surface area contributed by atoms with E-state index in [4.69, 9.17) is 4.84 Å². The zero-order valence-electron chi connectivity index (χ0n) is 19.3. The molecule has 0 fully saturated rings. The van der Waals surface area contributed by atoms with E-state index in [1.807, 2.05) is 56.6 Å². The maximum absolute atomic E-state index is 12.6. The van der Waals surface area contributed by atoms with Crippen molar-refractivity contribution >= 4 is 22.6 Å². The van der Waals surface area contributed by atoms with Crippen LogP contribution < -0.4 is 0 Å². The van der Waals surface area contributed by atoms with Gasteiger partial charge in [-0.2, -0.15) is 0 Å². The zero-order valence-corrected chi connectivity index (χ0v) is 19.3. The van der Waals surface area contributed by atoms with Crippen LogP contribution in [0.3, 0.4) is 0 Å². The van der Waals surface area contributed by atoms with Gasteiger partial charge in [-0.25, -0.2) is 9.78 Å². The number of benzene rings is 2. The molecule has 0 spiro atoms. The highest BCUT2D eigenvalue weighted by molar-refractivity contribution is 6.14. The van der Waals surface area contributed by atoms with E-state index in [1.54, 1.807) is 0 Å². The summed E-state index contributed by atoms with van der Waals surface area (Å²) in [4.78, 5) is 22.5. The normalized spacial score (nSPS) is 16.8. The molecule has 2 aromatic carbocycles. The predicted octanol–water partition coefficient (Wildman–Crippen LogP) is 4.74. The Kier molecular flexibility index (Phi) is 5.58. The fourth-order valence-electron chi connectivity index (χ4n) is 4.81. The number of hydrogen-bond acceptors (Lipinski definition) is 4. The van der Waals surface area contributed by atoms with Gasteiger partial charge in [-0.05, 0) is 38.3 Å². The Bertz CT molecular complexity index is 1340. The number of imidazole rings is 1. The van der Waals surface area contributed by atoms with Crippen LogP contribution >= 0.6 is 0 Å². The van der Waals surface area contributed by atoms with E-state index in [-0.39, 0.29) is 18.3 Å². The number of fused-ring (bicyclic) bond motifs is 3. The highest BCUT2D eigenvalue weighted by atomic mass is 16.7. The number of hydrogen-bond donors (Lipinski definition) is 0. The summed E-state index contributed by atoms with van der Waals surface area (Å²) in [5.74, 6) is 0.745. The van der Waals surface area contributed by atoms with Crippen LogP contribution in [0, 0.1) is 19.8 Å².